The largest absolute Gasteiger partial charge is 0.0804 e. The average molecular weight is 242 g/mol. The summed E-state index contributed by atoms with van der Waals surface area (Å²) in [5.74, 6) is 1.84. The minimum Gasteiger partial charge on any atom is -0.0804 e. The molecule has 0 spiro atoms. The van der Waals surface area contributed by atoms with Crippen LogP contribution in [0.3, 0.4) is 0 Å². The van der Waals surface area contributed by atoms with Gasteiger partial charge in [0, 0.05) is 5.92 Å². The lowest BCUT2D eigenvalue weighted by molar-refractivity contribution is 0.176. The molecular weight excluding hydrogens is 216 g/mol. The molecule has 4 aliphatic carbocycles. The molecule has 0 bridgehead atoms. The van der Waals surface area contributed by atoms with Crippen LogP contribution in [-0.2, 0) is 0 Å². The Morgan fingerprint density at radius 2 is 1.94 bits per heavy atom. The predicted octanol–water partition coefficient (Wildman–Crippen LogP) is 5.40. The lowest BCUT2D eigenvalue weighted by Gasteiger charge is -2.46. The molecule has 3 atom stereocenters. The topological polar surface area (TPSA) is 0 Å². The Morgan fingerprint density at radius 1 is 1.06 bits per heavy atom. The van der Waals surface area contributed by atoms with Gasteiger partial charge in [-0.3, -0.25) is 0 Å². The highest BCUT2D eigenvalue weighted by atomic mass is 14.5. The van der Waals surface area contributed by atoms with Crippen LogP contribution in [0.1, 0.15) is 71.1 Å². The van der Waals surface area contributed by atoms with Crippen molar-refractivity contribution in [2.24, 2.45) is 17.3 Å². The van der Waals surface area contributed by atoms with Crippen molar-refractivity contribution in [3.8, 4) is 0 Å². The number of hydrogen-bond donors (Lipinski definition) is 0. The van der Waals surface area contributed by atoms with Crippen molar-refractivity contribution >= 4 is 0 Å². The molecule has 4 rings (SSSR count). The Balaban J connectivity index is 1.69. The third kappa shape index (κ3) is 1.50. The molecule has 0 radical (unpaired) electrons. The van der Waals surface area contributed by atoms with E-state index >= 15 is 0 Å². The molecule has 0 N–H and O–H groups in total. The normalized spacial score (nSPS) is 43.1. The van der Waals surface area contributed by atoms with Crippen LogP contribution in [0.5, 0.6) is 0 Å². The van der Waals surface area contributed by atoms with E-state index in [1.807, 2.05) is 16.7 Å². The van der Waals surface area contributed by atoms with Gasteiger partial charge in [-0.2, -0.15) is 0 Å². The van der Waals surface area contributed by atoms with Gasteiger partial charge in [0.25, 0.3) is 0 Å². The number of hydrogen-bond acceptors (Lipinski definition) is 0. The molecule has 0 aromatic rings. The van der Waals surface area contributed by atoms with E-state index in [2.05, 4.69) is 13.0 Å². The minimum absolute atomic E-state index is 0.676. The lowest BCUT2D eigenvalue weighted by Crippen LogP contribution is -2.35. The summed E-state index contributed by atoms with van der Waals surface area (Å²) in [6, 6.07) is 0. The van der Waals surface area contributed by atoms with Crippen LogP contribution in [-0.4, -0.2) is 0 Å². The first-order chi connectivity index (χ1) is 8.78. The predicted molar refractivity (Wildman–Crippen MR) is 76.4 cm³/mol. The fourth-order valence-electron chi connectivity index (χ4n) is 5.53. The van der Waals surface area contributed by atoms with Crippen molar-refractivity contribution in [1.29, 1.82) is 0 Å². The van der Waals surface area contributed by atoms with Crippen LogP contribution < -0.4 is 0 Å². The van der Waals surface area contributed by atoms with E-state index in [9.17, 15) is 0 Å². The van der Waals surface area contributed by atoms with Crippen molar-refractivity contribution in [1.82, 2.24) is 0 Å². The zero-order valence-corrected chi connectivity index (χ0v) is 11.8. The molecule has 18 heavy (non-hydrogen) atoms. The molecule has 0 aliphatic heterocycles. The second kappa shape index (κ2) is 3.99. The first-order valence-corrected chi connectivity index (χ1v) is 8.19. The van der Waals surface area contributed by atoms with Crippen molar-refractivity contribution in [2.75, 3.05) is 0 Å². The van der Waals surface area contributed by atoms with Crippen LogP contribution in [0.2, 0.25) is 0 Å². The quantitative estimate of drug-likeness (QED) is 0.499. The Morgan fingerprint density at radius 3 is 2.89 bits per heavy atom. The van der Waals surface area contributed by atoms with Gasteiger partial charge >= 0.3 is 0 Å². The van der Waals surface area contributed by atoms with Crippen LogP contribution in [0, 0.1) is 17.3 Å². The van der Waals surface area contributed by atoms with E-state index in [1.54, 1.807) is 0 Å². The molecule has 0 nitrogen and oxygen atoms in total. The van der Waals surface area contributed by atoms with Gasteiger partial charge in [-0.15, -0.1) is 0 Å². The summed E-state index contributed by atoms with van der Waals surface area (Å²) in [6.45, 7) is 2.58. The number of allylic oxidation sites excluding steroid dienone is 4. The fraction of sp³-hybridized carbons (Fsp3) is 0.778. The molecular formula is C18H26. The molecule has 0 unspecified atom stereocenters. The highest BCUT2D eigenvalue weighted by Gasteiger charge is 2.47. The summed E-state index contributed by atoms with van der Waals surface area (Å²) in [6.07, 6.45) is 17.2. The third-order valence-electron chi connectivity index (χ3n) is 6.52. The molecule has 98 valence electrons. The monoisotopic (exact) mass is 242 g/mol. The average Bonchev–Trinajstić information content (AvgIpc) is 2.80. The van der Waals surface area contributed by atoms with Gasteiger partial charge in [0.15, 0.2) is 0 Å². The Bertz CT molecular complexity index is 425. The van der Waals surface area contributed by atoms with Crippen LogP contribution in [0.4, 0.5) is 0 Å². The van der Waals surface area contributed by atoms with Crippen LogP contribution in [0.15, 0.2) is 22.8 Å². The molecule has 4 aliphatic rings. The molecule has 2 fully saturated rings. The fourth-order valence-corrected chi connectivity index (χ4v) is 5.53. The van der Waals surface area contributed by atoms with Crippen molar-refractivity contribution in [3.63, 3.8) is 0 Å². The van der Waals surface area contributed by atoms with E-state index in [0.29, 0.717) is 5.41 Å². The molecule has 0 amide bonds. The highest BCUT2D eigenvalue weighted by Crippen LogP contribution is 2.59. The van der Waals surface area contributed by atoms with E-state index in [-0.39, 0.29) is 0 Å². The van der Waals surface area contributed by atoms with Crippen molar-refractivity contribution < 1.29 is 0 Å². The maximum atomic E-state index is 2.67. The summed E-state index contributed by atoms with van der Waals surface area (Å²) in [7, 11) is 0. The second-order valence-corrected chi connectivity index (χ2v) is 7.43. The standard InChI is InChI=1S/C18H26/c1-18-11-4-7-17(18)16-9-8-13-5-2-3-6-14(13)15(16)10-12-18/h9,15,17H,2-8,10-12H2,1H3/t15-,17+,18+/m1/s1. The summed E-state index contributed by atoms with van der Waals surface area (Å²) >= 11 is 0. The van der Waals surface area contributed by atoms with Gasteiger partial charge in [-0.1, -0.05) is 36.1 Å². The maximum absolute atomic E-state index is 2.67. The lowest BCUT2D eigenvalue weighted by atomic mass is 9.59. The summed E-state index contributed by atoms with van der Waals surface area (Å²) in [4.78, 5) is 0. The second-order valence-electron chi connectivity index (χ2n) is 7.43. The molecule has 0 aromatic heterocycles. The zero-order valence-electron chi connectivity index (χ0n) is 11.8. The Hall–Kier alpha value is -0.520. The van der Waals surface area contributed by atoms with Gasteiger partial charge in [-0.25, -0.2) is 0 Å². The minimum atomic E-state index is 0.676. The van der Waals surface area contributed by atoms with Crippen molar-refractivity contribution in [2.45, 2.75) is 71.1 Å². The number of rotatable bonds is 0. The van der Waals surface area contributed by atoms with E-state index in [0.717, 1.165) is 11.8 Å². The molecule has 0 heteroatoms. The maximum Gasteiger partial charge on any atom is 0.00130 e. The van der Waals surface area contributed by atoms with E-state index < -0.39 is 0 Å². The summed E-state index contributed by atoms with van der Waals surface area (Å²) in [5, 5.41) is 0. The first-order valence-electron chi connectivity index (χ1n) is 8.19. The molecule has 2 saturated carbocycles. The SMILES string of the molecule is C[C@@]12CCC[C@H]1C1=CCC3=C(CCCC3)[C@H]1CC2. The van der Waals surface area contributed by atoms with Gasteiger partial charge < -0.3 is 0 Å². The third-order valence-corrected chi connectivity index (χ3v) is 6.52. The smallest absolute Gasteiger partial charge is 0.00130 e. The highest BCUT2D eigenvalue weighted by molar-refractivity contribution is 5.38. The molecule has 0 heterocycles. The van der Waals surface area contributed by atoms with Crippen molar-refractivity contribution in [3.05, 3.63) is 22.8 Å². The van der Waals surface area contributed by atoms with Gasteiger partial charge in [0.1, 0.15) is 0 Å². The molecule has 0 aromatic carbocycles. The van der Waals surface area contributed by atoms with Gasteiger partial charge in [0.2, 0.25) is 0 Å². The first kappa shape index (κ1) is 11.3. The number of fused-ring (bicyclic) bond motifs is 4. The summed E-state index contributed by atoms with van der Waals surface area (Å²) in [5.41, 5.74) is 6.32. The Labute approximate surface area is 112 Å². The van der Waals surface area contributed by atoms with E-state index in [1.165, 1.54) is 64.2 Å². The van der Waals surface area contributed by atoms with Gasteiger partial charge in [0.05, 0.1) is 0 Å². The van der Waals surface area contributed by atoms with Crippen LogP contribution >= 0.6 is 0 Å². The molecule has 0 saturated heterocycles. The van der Waals surface area contributed by atoms with Crippen LogP contribution in [0.25, 0.3) is 0 Å². The van der Waals surface area contributed by atoms with Gasteiger partial charge in [-0.05, 0) is 69.1 Å². The summed E-state index contributed by atoms with van der Waals surface area (Å²) < 4.78 is 0. The Kier molecular flexibility index (Phi) is 2.51. The zero-order chi connectivity index (χ0) is 12.2. The van der Waals surface area contributed by atoms with E-state index in [4.69, 9.17) is 0 Å².